The highest BCUT2D eigenvalue weighted by molar-refractivity contribution is 14.1. The first-order valence-electron chi connectivity index (χ1n) is 5.85. The zero-order valence-corrected chi connectivity index (χ0v) is 12.3. The van der Waals surface area contributed by atoms with Gasteiger partial charge >= 0.3 is 0 Å². The van der Waals surface area contributed by atoms with Gasteiger partial charge in [0.2, 0.25) is 0 Å². The average molecular weight is 332 g/mol. The highest BCUT2D eigenvalue weighted by Gasteiger charge is 1.97. The van der Waals surface area contributed by atoms with Gasteiger partial charge in [-0.25, -0.2) is 0 Å². The minimum atomic E-state index is 0.732. The van der Waals surface area contributed by atoms with Crippen molar-refractivity contribution in [3.05, 3.63) is 33.4 Å². The Morgan fingerprint density at radius 1 is 1.12 bits per heavy atom. The third-order valence-electron chi connectivity index (χ3n) is 2.30. The summed E-state index contributed by atoms with van der Waals surface area (Å²) in [5, 5.41) is 6.87. The molecule has 0 saturated heterocycles. The lowest BCUT2D eigenvalue weighted by Gasteiger charge is -2.09. The van der Waals surface area contributed by atoms with Crippen molar-refractivity contribution in [1.29, 1.82) is 0 Å². The van der Waals surface area contributed by atoms with Crippen LogP contribution in [0, 0.1) is 9.49 Å². The molecule has 0 saturated carbocycles. The van der Waals surface area contributed by atoms with E-state index in [1.807, 2.05) is 0 Å². The second-order valence-electron chi connectivity index (χ2n) is 4.37. The number of hydrogen-bond donors (Lipinski definition) is 2. The molecule has 0 heterocycles. The average Bonchev–Trinajstić information content (AvgIpc) is 2.25. The lowest BCUT2D eigenvalue weighted by molar-refractivity contribution is 0.535. The van der Waals surface area contributed by atoms with Crippen LogP contribution < -0.4 is 10.6 Å². The van der Waals surface area contributed by atoms with Crippen molar-refractivity contribution >= 4 is 22.6 Å². The van der Waals surface area contributed by atoms with Gasteiger partial charge in [-0.15, -0.1) is 0 Å². The molecule has 0 unspecified atom stereocenters. The van der Waals surface area contributed by atoms with Crippen molar-refractivity contribution in [2.75, 3.05) is 19.6 Å². The van der Waals surface area contributed by atoms with Crippen LogP contribution in [-0.2, 0) is 6.54 Å². The zero-order valence-electron chi connectivity index (χ0n) is 10.1. The van der Waals surface area contributed by atoms with Crippen LogP contribution in [0.5, 0.6) is 0 Å². The van der Waals surface area contributed by atoms with Crippen molar-refractivity contribution in [3.63, 3.8) is 0 Å². The van der Waals surface area contributed by atoms with Crippen LogP contribution in [0.3, 0.4) is 0 Å². The van der Waals surface area contributed by atoms with Crippen molar-refractivity contribution in [2.45, 2.75) is 20.4 Å². The van der Waals surface area contributed by atoms with Crippen LogP contribution in [0.15, 0.2) is 24.3 Å². The molecule has 0 aliphatic rings. The fourth-order valence-corrected chi connectivity index (χ4v) is 2.01. The SMILES string of the molecule is CC(C)CNCCNCc1ccccc1I. The molecule has 0 fully saturated rings. The monoisotopic (exact) mass is 332 g/mol. The highest BCUT2D eigenvalue weighted by atomic mass is 127. The van der Waals surface area contributed by atoms with E-state index in [0.29, 0.717) is 0 Å². The fraction of sp³-hybridized carbons (Fsp3) is 0.538. The van der Waals surface area contributed by atoms with E-state index in [1.165, 1.54) is 9.13 Å². The molecule has 1 aromatic carbocycles. The van der Waals surface area contributed by atoms with Gasteiger partial charge in [-0.1, -0.05) is 32.0 Å². The van der Waals surface area contributed by atoms with Crippen molar-refractivity contribution in [3.8, 4) is 0 Å². The Morgan fingerprint density at radius 3 is 2.50 bits per heavy atom. The zero-order chi connectivity index (χ0) is 11.8. The molecule has 0 atom stereocenters. The first-order chi connectivity index (χ1) is 7.70. The van der Waals surface area contributed by atoms with E-state index in [0.717, 1.165) is 32.1 Å². The molecule has 0 aliphatic heterocycles. The van der Waals surface area contributed by atoms with E-state index in [2.05, 4.69) is 71.3 Å². The van der Waals surface area contributed by atoms with E-state index in [9.17, 15) is 0 Å². The smallest absolute Gasteiger partial charge is 0.0216 e. The Kier molecular flexibility index (Phi) is 7.00. The van der Waals surface area contributed by atoms with Crippen LogP contribution in [-0.4, -0.2) is 19.6 Å². The molecule has 0 aliphatic carbocycles. The number of hydrogen-bond acceptors (Lipinski definition) is 2. The lowest BCUT2D eigenvalue weighted by Crippen LogP contribution is -2.29. The van der Waals surface area contributed by atoms with Crippen molar-refractivity contribution in [1.82, 2.24) is 10.6 Å². The molecular weight excluding hydrogens is 311 g/mol. The second kappa shape index (κ2) is 8.03. The van der Waals surface area contributed by atoms with Crippen LogP contribution >= 0.6 is 22.6 Å². The Hall–Kier alpha value is -0.130. The predicted molar refractivity (Wildman–Crippen MR) is 78.6 cm³/mol. The summed E-state index contributed by atoms with van der Waals surface area (Å²) in [6.07, 6.45) is 0. The Balaban J connectivity index is 2.10. The van der Waals surface area contributed by atoms with Crippen molar-refractivity contribution < 1.29 is 0 Å². The van der Waals surface area contributed by atoms with E-state index in [-0.39, 0.29) is 0 Å². The first-order valence-corrected chi connectivity index (χ1v) is 6.93. The molecule has 0 spiro atoms. The fourth-order valence-electron chi connectivity index (χ4n) is 1.43. The van der Waals surface area contributed by atoms with Gasteiger partial charge in [-0.05, 0) is 46.7 Å². The molecule has 0 radical (unpaired) electrons. The molecule has 2 N–H and O–H groups in total. The largest absolute Gasteiger partial charge is 0.315 e. The lowest BCUT2D eigenvalue weighted by atomic mass is 10.2. The standard InChI is InChI=1S/C13H21IN2/c1-11(2)9-15-7-8-16-10-12-5-3-4-6-13(12)14/h3-6,11,15-16H,7-10H2,1-2H3. The Morgan fingerprint density at radius 2 is 1.81 bits per heavy atom. The molecule has 3 heteroatoms. The molecule has 0 bridgehead atoms. The molecule has 1 aromatic rings. The van der Waals surface area contributed by atoms with Crippen LogP contribution in [0.1, 0.15) is 19.4 Å². The molecular formula is C13H21IN2. The summed E-state index contributed by atoms with van der Waals surface area (Å²) in [7, 11) is 0. The summed E-state index contributed by atoms with van der Waals surface area (Å²) >= 11 is 2.38. The maximum atomic E-state index is 3.45. The first kappa shape index (κ1) is 13.9. The van der Waals surface area contributed by atoms with Gasteiger partial charge in [0.25, 0.3) is 0 Å². The van der Waals surface area contributed by atoms with Gasteiger partial charge in [0.1, 0.15) is 0 Å². The minimum absolute atomic E-state index is 0.732. The minimum Gasteiger partial charge on any atom is -0.315 e. The summed E-state index contributed by atoms with van der Waals surface area (Å²) in [6.45, 7) is 8.59. The molecule has 90 valence electrons. The Bertz CT molecular complexity index is 300. The maximum Gasteiger partial charge on any atom is 0.0216 e. The Labute approximate surface area is 112 Å². The second-order valence-corrected chi connectivity index (χ2v) is 5.53. The van der Waals surface area contributed by atoms with Gasteiger partial charge < -0.3 is 10.6 Å². The van der Waals surface area contributed by atoms with Crippen LogP contribution in [0.4, 0.5) is 0 Å². The summed E-state index contributed by atoms with van der Waals surface area (Å²) in [4.78, 5) is 0. The summed E-state index contributed by atoms with van der Waals surface area (Å²) in [5.41, 5.74) is 1.38. The van der Waals surface area contributed by atoms with Gasteiger partial charge in [-0.2, -0.15) is 0 Å². The summed E-state index contributed by atoms with van der Waals surface area (Å²) in [6, 6.07) is 8.50. The van der Waals surface area contributed by atoms with E-state index < -0.39 is 0 Å². The van der Waals surface area contributed by atoms with Gasteiger partial charge in [-0.3, -0.25) is 0 Å². The van der Waals surface area contributed by atoms with Gasteiger partial charge in [0, 0.05) is 23.2 Å². The summed E-state index contributed by atoms with van der Waals surface area (Å²) in [5.74, 6) is 0.732. The highest BCUT2D eigenvalue weighted by Crippen LogP contribution is 2.10. The van der Waals surface area contributed by atoms with Crippen LogP contribution in [0.25, 0.3) is 0 Å². The third kappa shape index (κ3) is 5.82. The normalized spacial score (nSPS) is 11.0. The topological polar surface area (TPSA) is 24.1 Å². The predicted octanol–water partition coefficient (Wildman–Crippen LogP) is 2.63. The van der Waals surface area contributed by atoms with E-state index in [1.54, 1.807) is 0 Å². The number of nitrogens with one attached hydrogen (secondary N) is 2. The number of halogens is 1. The molecule has 1 rings (SSSR count). The van der Waals surface area contributed by atoms with Crippen molar-refractivity contribution in [2.24, 2.45) is 5.92 Å². The third-order valence-corrected chi connectivity index (χ3v) is 3.36. The summed E-state index contributed by atoms with van der Waals surface area (Å²) < 4.78 is 1.34. The molecule has 16 heavy (non-hydrogen) atoms. The van der Waals surface area contributed by atoms with Crippen LogP contribution in [0.2, 0.25) is 0 Å². The number of rotatable bonds is 7. The molecule has 0 amide bonds. The van der Waals surface area contributed by atoms with Gasteiger partial charge in [0.15, 0.2) is 0 Å². The maximum absolute atomic E-state index is 3.45. The van der Waals surface area contributed by atoms with E-state index in [4.69, 9.17) is 0 Å². The van der Waals surface area contributed by atoms with Gasteiger partial charge in [0.05, 0.1) is 0 Å². The number of benzene rings is 1. The van der Waals surface area contributed by atoms with E-state index >= 15 is 0 Å². The quantitative estimate of drug-likeness (QED) is 0.593. The molecule has 2 nitrogen and oxygen atoms in total. The molecule has 0 aromatic heterocycles.